The number of nitrogen functional groups attached to an aromatic ring is 1. The first-order valence-electron chi connectivity index (χ1n) is 6.52. The highest BCUT2D eigenvalue weighted by Gasteiger charge is 2.11. The first kappa shape index (κ1) is 15.7. The molecule has 1 aromatic rings. The highest BCUT2D eigenvalue weighted by atomic mass is 16.1. The maximum atomic E-state index is 11.9. The maximum Gasteiger partial charge on any atom is 0.270 e. The number of nitrogens with two attached hydrogens (primary N) is 1. The zero-order valence-electron chi connectivity index (χ0n) is 12.2. The monoisotopic (exact) mass is 271 g/mol. The van der Waals surface area contributed by atoms with E-state index in [0.29, 0.717) is 11.5 Å². The molecule has 0 saturated heterocycles. The molecule has 0 atom stereocenters. The average Bonchev–Trinajstić information content (AvgIpc) is 2.40. The summed E-state index contributed by atoms with van der Waals surface area (Å²) in [6, 6.07) is 3.54. The van der Waals surface area contributed by atoms with Gasteiger partial charge in [0, 0.05) is 11.6 Å². The number of carbonyl (C=O) groups is 1. The van der Waals surface area contributed by atoms with Crippen molar-refractivity contribution < 1.29 is 4.79 Å². The molecule has 0 aromatic carbocycles. The topological polar surface area (TPSA) is 68.0 Å². The lowest BCUT2D eigenvalue weighted by Crippen LogP contribution is -2.30. The van der Waals surface area contributed by atoms with Crippen molar-refractivity contribution in [2.75, 3.05) is 5.73 Å². The number of rotatable bonds is 5. The fraction of sp³-hybridized carbons (Fsp3) is 0.250. The van der Waals surface area contributed by atoms with Crippen LogP contribution in [0.25, 0.3) is 5.57 Å². The van der Waals surface area contributed by atoms with Crippen LogP contribution >= 0.6 is 0 Å². The molecular formula is C16H21N3O. The van der Waals surface area contributed by atoms with Crippen LogP contribution in [0.5, 0.6) is 0 Å². The molecule has 4 nitrogen and oxygen atoms in total. The normalized spacial score (nSPS) is 11.9. The Morgan fingerprint density at radius 2 is 2.15 bits per heavy atom. The maximum absolute atomic E-state index is 11.9. The summed E-state index contributed by atoms with van der Waals surface area (Å²) in [6.07, 6.45) is 7.35. The highest BCUT2D eigenvalue weighted by Crippen LogP contribution is 2.21. The summed E-state index contributed by atoms with van der Waals surface area (Å²) in [6.45, 7) is 9.35. The molecule has 0 aliphatic carbocycles. The van der Waals surface area contributed by atoms with Gasteiger partial charge in [-0.2, -0.15) is 0 Å². The van der Waals surface area contributed by atoms with Crippen LogP contribution in [-0.2, 0) is 0 Å². The quantitative estimate of drug-likeness (QED) is 0.809. The molecule has 106 valence electrons. The van der Waals surface area contributed by atoms with Gasteiger partial charge in [-0.1, -0.05) is 30.9 Å². The van der Waals surface area contributed by atoms with Crippen LogP contribution in [0, 0.1) is 0 Å². The van der Waals surface area contributed by atoms with Crippen LogP contribution in [0.4, 0.5) is 5.82 Å². The van der Waals surface area contributed by atoms with E-state index in [2.05, 4.69) is 16.9 Å². The van der Waals surface area contributed by atoms with Gasteiger partial charge >= 0.3 is 0 Å². The molecule has 20 heavy (non-hydrogen) atoms. The Kier molecular flexibility index (Phi) is 5.72. The van der Waals surface area contributed by atoms with Gasteiger partial charge in [-0.25, -0.2) is 4.98 Å². The van der Waals surface area contributed by atoms with Crippen molar-refractivity contribution in [3.8, 4) is 0 Å². The van der Waals surface area contributed by atoms with E-state index in [1.807, 2.05) is 39.0 Å². The van der Waals surface area contributed by atoms with Crippen molar-refractivity contribution >= 4 is 17.3 Å². The smallest absolute Gasteiger partial charge is 0.270 e. The van der Waals surface area contributed by atoms with Crippen LogP contribution in [0.15, 0.2) is 43.0 Å². The SMILES string of the molecule is C=C/C=C\C(=C/C)c1ccc(C(=O)NC(C)C)nc1N. The molecule has 1 heterocycles. The fourth-order valence-electron chi connectivity index (χ4n) is 1.69. The van der Waals surface area contributed by atoms with Crippen LogP contribution in [0.2, 0.25) is 0 Å². The van der Waals surface area contributed by atoms with E-state index in [1.54, 1.807) is 18.2 Å². The van der Waals surface area contributed by atoms with Crippen molar-refractivity contribution in [2.24, 2.45) is 0 Å². The largest absolute Gasteiger partial charge is 0.383 e. The van der Waals surface area contributed by atoms with Crippen LogP contribution in [-0.4, -0.2) is 16.9 Å². The fourth-order valence-corrected chi connectivity index (χ4v) is 1.69. The Hall–Kier alpha value is -2.36. The summed E-state index contributed by atoms with van der Waals surface area (Å²) >= 11 is 0. The summed E-state index contributed by atoms with van der Waals surface area (Å²) < 4.78 is 0. The number of allylic oxidation sites excluding steroid dienone is 5. The first-order valence-corrected chi connectivity index (χ1v) is 6.52. The third kappa shape index (κ3) is 4.09. The van der Waals surface area contributed by atoms with Gasteiger partial charge in [0.25, 0.3) is 5.91 Å². The van der Waals surface area contributed by atoms with Crippen LogP contribution < -0.4 is 11.1 Å². The number of nitrogens with zero attached hydrogens (tertiary/aromatic N) is 1. The van der Waals surface area contributed by atoms with E-state index < -0.39 is 0 Å². The molecule has 0 spiro atoms. The number of amides is 1. The van der Waals surface area contributed by atoms with E-state index in [-0.39, 0.29) is 11.9 Å². The number of aromatic nitrogens is 1. The van der Waals surface area contributed by atoms with Crippen LogP contribution in [0.3, 0.4) is 0 Å². The molecule has 0 aliphatic heterocycles. The Morgan fingerprint density at radius 3 is 2.65 bits per heavy atom. The van der Waals surface area contributed by atoms with Crippen molar-refractivity contribution in [3.05, 3.63) is 54.3 Å². The Morgan fingerprint density at radius 1 is 1.45 bits per heavy atom. The van der Waals surface area contributed by atoms with Gasteiger partial charge in [-0.05, 0) is 38.5 Å². The number of carbonyl (C=O) groups excluding carboxylic acids is 1. The molecular weight excluding hydrogens is 250 g/mol. The first-order chi connectivity index (χ1) is 9.49. The number of nitrogens with one attached hydrogen (secondary N) is 1. The standard InChI is InChI=1S/C16H21N3O/c1-5-7-8-12(6-2)13-9-10-14(19-15(13)17)16(20)18-11(3)4/h5-11H,1H2,2-4H3,(H2,17,19)(H,18,20)/b8-7-,12-6+. The molecule has 0 radical (unpaired) electrons. The third-order valence-electron chi connectivity index (χ3n) is 2.61. The summed E-state index contributed by atoms with van der Waals surface area (Å²) in [5.41, 5.74) is 8.00. The molecule has 0 fully saturated rings. The number of anilines is 1. The molecule has 4 heteroatoms. The lowest BCUT2D eigenvalue weighted by atomic mass is 10.1. The average molecular weight is 271 g/mol. The lowest BCUT2D eigenvalue weighted by Gasteiger charge is -2.10. The minimum atomic E-state index is -0.220. The van der Waals surface area contributed by atoms with E-state index in [1.165, 1.54) is 0 Å². The molecule has 1 aromatic heterocycles. The number of hydrogen-bond acceptors (Lipinski definition) is 3. The summed E-state index contributed by atoms with van der Waals surface area (Å²) in [4.78, 5) is 16.0. The molecule has 0 unspecified atom stereocenters. The van der Waals surface area contributed by atoms with E-state index in [0.717, 1.165) is 11.1 Å². The highest BCUT2D eigenvalue weighted by molar-refractivity contribution is 5.93. The van der Waals surface area contributed by atoms with Crippen molar-refractivity contribution in [1.82, 2.24) is 10.3 Å². The predicted octanol–water partition coefficient (Wildman–Crippen LogP) is 2.95. The third-order valence-corrected chi connectivity index (χ3v) is 2.61. The molecule has 1 rings (SSSR count). The molecule has 0 aliphatic rings. The second-order valence-electron chi connectivity index (χ2n) is 4.60. The lowest BCUT2D eigenvalue weighted by molar-refractivity contribution is 0.0938. The number of pyridine rings is 1. The number of hydrogen-bond donors (Lipinski definition) is 2. The van der Waals surface area contributed by atoms with E-state index in [4.69, 9.17) is 5.73 Å². The van der Waals surface area contributed by atoms with Crippen molar-refractivity contribution in [1.29, 1.82) is 0 Å². The summed E-state index contributed by atoms with van der Waals surface area (Å²) in [5.74, 6) is 0.116. The zero-order valence-corrected chi connectivity index (χ0v) is 12.2. The van der Waals surface area contributed by atoms with Gasteiger partial charge in [0.15, 0.2) is 0 Å². The minimum absolute atomic E-state index is 0.0619. The Labute approximate surface area is 120 Å². The molecule has 0 saturated carbocycles. The van der Waals surface area contributed by atoms with Gasteiger partial charge in [-0.3, -0.25) is 4.79 Å². The zero-order chi connectivity index (χ0) is 15.1. The van der Waals surface area contributed by atoms with Gasteiger partial charge in [0.2, 0.25) is 0 Å². The van der Waals surface area contributed by atoms with Gasteiger partial charge in [-0.15, -0.1) is 0 Å². The predicted molar refractivity (Wildman–Crippen MR) is 84.2 cm³/mol. The van der Waals surface area contributed by atoms with E-state index >= 15 is 0 Å². The minimum Gasteiger partial charge on any atom is -0.383 e. The van der Waals surface area contributed by atoms with Crippen molar-refractivity contribution in [3.63, 3.8) is 0 Å². The van der Waals surface area contributed by atoms with Gasteiger partial charge in [0.05, 0.1) is 0 Å². The second-order valence-corrected chi connectivity index (χ2v) is 4.60. The second kappa shape index (κ2) is 7.28. The summed E-state index contributed by atoms with van der Waals surface area (Å²) in [7, 11) is 0. The Bertz CT molecular complexity index is 557. The molecule has 0 bridgehead atoms. The Balaban J connectivity index is 3.07. The van der Waals surface area contributed by atoms with Gasteiger partial charge in [0.1, 0.15) is 11.5 Å². The van der Waals surface area contributed by atoms with Crippen LogP contribution in [0.1, 0.15) is 36.8 Å². The molecule has 1 amide bonds. The molecule has 3 N–H and O–H groups in total. The summed E-state index contributed by atoms with van der Waals surface area (Å²) in [5, 5.41) is 2.78. The van der Waals surface area contributed by atoms with Gasteiger partial charge < -0.3 is 11.1 Å². The van der Waals surface area contributed by atoms with E-state index in [9.17, 15) is 4.79 Å². The van der Waals surface area contributed by atoms with Crippen molar-refractivity contribution in [2.45, 2.75) is 26.8 Å².